The predicted octanol–water partition coefficient (Wildman–Crippen LogP) is 4.09. The van der Waals surface area contributed by atoms with Gasteiger partial charge in [-0.3, -0.25) is 18.8 Å². The van der Waals surface area contributed by atoms with Crippen molar-refractivity contribution in [2.75, 3.05) is 20.2 Å². The minimum absolute atomic E-state index is 0.0958. The van der Waals surface area contributed by atoms with Crippen LogP contribution < -0.4 is 10.1 Å². The van der Waals surface area contributed by atoms with E-state index in [1.54, 1.807) is 18.9 Å². The van der Waals surface area contributed by atoms with Gasteiger partial charge in [0.25, 0.3) is 24.3 Å². The molecule has 2 aromatic carbocycles. The number of hydrogen-bond acceptors (Lipinski definition) is 5. The first-order chi connectivity index (χ1) is 19.2. The molecule has 1 aliphatic heterocycles. The molecule has 2 aromatic heterocycles. The number of imidazole rings is 1. The van der Waals surface area contributed by atoms with Crippen molar-refractivity contribution in [3.63, 3.8) is 0 Å². The molecule has 9 nitrogen and oxygen atoms in total. The van der Waals surface area contributed by atoms with Crippen molar-refractivity contribution in [1.82, 2.24) is 29.5 Å². The third-order valence-corrected chi connectivity index (χ3v) is 7.46. The highest BCUT2D eigenvalue weighted by Crippen LogP contribution is 2.30. The van der Waals surface area contributed by atoms with Gasteiger partial charge < -0.3 is 15.0 Å². The van der Waals surface area contributed by atoms with Crippen LogP contribution in [-0.2, 0) is 13.6 Å². The van der Waals surface area contributed by atoms with E-state index in [0.29, 0.717) is 36.8 Å². The molecular formula is C29H32F2N6O3. The van der Waals surface area contributed by atoms with Crippen LogP contribution in [0.2, 0.25) is 0 Å². The summed E-state index contributed by atoms with van der Waals surface area (Å²) in [5.41, 5.74) is 4.57. The van der Waals surface area contributed by atoms with E-state index in [0.717, 1.165) is 26.8 Å². The van der Waals surface area contributed by atoms with Crippen molar-refractivity contribution in [3.8, 4) is 6.01 Å². The SMILES string of the molecule is COc1nc2c(C)cc(C(=O)N3CC[C@@H](NC(=O)c4cc(C)nn4CC(F)F)[C@@H](c4ccccc4)C3)cc2n1C. The molecule has 210 valence electrons. The van der Waals surface area contributed by atoms with Crippen LogP contribution in [0.15, 0.2) is 48.5 Å². The quantitative estimate of drug-likeness (QED) is 0.374. The Morgan fingerprint density at radius 3 is 2.60 bits per heavy atom. The van der Waals surface area contributed by atoms with Gasteiger partial charge >= 0.3 is 0 Å². The Hall–Kier alpha value is -4.28. The van der Waals surface area contributed by atoms with E-state index in [2.05, 4.69) is 15.4 Å². The van der Waals surface area contributed by atoms with E-state index in [4.69, 9.17) is 4.74 Å². The van der Waals surface area contributed by atoms with Gasteiger partial charge in [-0.2, -0.15) is 10.1 Å². The number of alkyl halides is 2. The molecule has 3 heterocycles. The van der Waals surface area contributed by atoms with Gasteiger partial charge in [0.2, 0.25) is 0 Å². The Morgan fingerprint density at radius 1 is 1.15 bits per heavy atom. The fourth-order valence-electron chi connectivity index (χ4n) is 5.51. The zero-order chi connectivity index (χ0) is 28.6. The molecule has 0 saturated carbocycles. The van der Waals surface area contributed by atoms with Crippen LogP contribution in [0.4, 0.5) is 8.78 Å². The molecule has 0 aliphatic carbocycles. The minimum atomic E-state index is -2.63. The van der Waals surface area contributed by atoms with Gasteiger partial charge in [-0.05, 0) is 49.6 Å². The second-order valence-corrected chi connectivity index (χ2v) is 10.2. The van der Waals surface area contributed by atoms with E-state index < -0.39 is 18.9 Å². The van der Waals surface area contributed by atoms with Crippen LogP contribution in [0.1, 0.15) is 50.0 Å². The number of aryl methyl sites for hydroxylation is 3. The zero-order valence-electron chi connectivity index (χ0n) is 22.9. The number of carbonyl (C=O) groups is 2. The lowest BCUT2D eigenvalue weighted by Gasteiger charge is -2.39. The third-order valence-electron chi connectivity index (χ3n) is 7.46. The largest absolute Gasteiger partial charge is 0.468 e. The van der Waals surface area contributed by atoms with Crippen molar-refractivity contribution in [1.29, 1.82) is 0 Å². The molecule has 0 unspecified atom stereocenters. The number of carbonyl (C=O) groups excluding carboxylic acids is 2. The van der Waals surface area contributed by atoms with Crippen molar-refractivity contribution in [3.05, 3.63) is 76.6 Å². The number of nitrogens with zero attached hydrogens (tertiary/aromatic N) is 5. The third kappa shape index (κ3) is 5.28. The number of halogens is 2. The molecule has 11 heteroatoms. The molecule has 0 bridgehead atoms. The van der Waals surface area contributed by atoms with Crippen molar-refractivity contribution >= 4 is 22.8 Å². The van der Waals surface area contributed by atoms with Crippen LogP contribution in [0.5, 0.6) is 6.01 Å². The Balaban J connectivity index is 1.40. The molecule has 1 saturated heterocycles. The minimum Gasteiger partial charge on any atom is -0.468 e. The summed E-state index contributed by atoms with van der Waals surface area (Å²) >= 11 is 0. The number of rotatable bonds is 7. The lowest BCUT2D eigenvalue weighted by Crippen LogP contribution is -2.51. The Labute approximate surface area is 230 Å². The normalized spacial score (nSPS) is 17.4. The number of aromatic nitrogens is 4. The maximum Gasteiger partial charge on any atom is 0.296 e. The number of ether oxygens (including phenoxy) is 1. The number of hydrogen-bond donors (Lipinski definition) is 1. The lowest BCUT2D eigenvalue weighted by atomic mass is 9.85. The first-order valence-corrected chi connectivity index (χ1v) is 13.1. The van der Waals surface area contributed by atoms with Crippen LogP contribution in [0.25, 0.3) is 11.0 Å². The summed E-state index contributed by atoms with van der Waals surface area (Å²) in [7, 11) is 3.40. The Kier molecular flexibility index (Phi) is 7.55. The summed E-state index contributed by atoms with van der Waals surface area (Å²) in [6, 6.07) is 15.0. The van der Waals surface area contributed by atoms with Crippen LogP contribution in [0.3, 0.4) is 0 Å². The van der Waals surface area contributed by atoms with Gasteiger partial charge in [0.05, 0.1) is 23.8 Å². The number of amides is 2. The lowest BCUT2D eigenvalue weighted by molar-refractivity contribution is 0.0670. The maximum absolute atomic E-state index is 13.8. The Morgan fingerprint density at radius 2 is 1.90 bits per heavy atom. The summed E-state index contributed by atoms with van der Waals surface area (Å²) < 4.78 is 34.4. The number of nitrogens with one attached hydrogen (secondary N) is 1. The number of likely N-dealkylation sites (tertiary alicyclic amines) is 1. The smallest absolute Gasteiger partial charge is 0.296 e. The molecule has 1 fully saturated rings. The highest BCUT2D eigenvalue weighted by molar-refractivity contribution is 5.98. The molecule has 2 atom stereocenters. The van der Waals surface area contributed by atoms with Crippen LogP contribution in [-0.4, -0.2) is 68.7 Å². The predicted molar refractivity (Wildman–Crippen MR) is 146 cm³/mol. The summed E-state index contributed by atoms with van der Waals surface area (Å²) in [6.45, 7) is 3.73. The monoisotopic (exact) mass is 550 g/mol. The van der Waals surface area contributed by atoms with E-state index >= 15 is 0 Å². The van der Waals surface area contributed by atoms with E-state index in [1.165, 1.54) is 6.07 Å². The van der Waals surface area contributed by atoms with Gasteiger partial charge in [-0.1, -0.05) is 30.3 Å². The molecular weight excluding hydrogens is 518 g/mol. The van der Waals surface area contributed by atoms with Gasteiger partial charge in [0.15, 0.2) is 0 Å². The maximum atomic E-state index is 13.8. The van der Waals surface area contributed by atoms with Gasteiger partial charge in [-0.25, -0.2) is 8.78 Å². The highest BCUT2D eigenvalue weighted by atomic mass is 19.3. The highest BCUT2D eigenvalue weighted by Gasteiger charge is 2.35. The number of fused-ring (bicyclic) bond motifs is 1. The molecule has 5 rings (SSSR count). The summed E-state index contributed by atoms with van der Waals surface area (Å²) in [5.74, 6) is -0.767. The van der Waals surface area contributed by atoms with Gasteiger partial charge in [0.1, 0.15) is 12.2 Å². The summed E-state index contributed by atoms with van der Waals surface area (Å²) in [4.78, 5) is 33.3. The zero-order valence-corrected chi connectivity index (χ0v) is 22.9. The molecule has 40 heavy (non-hydrogen) atoms. The van der Waals surface area contributed by atoms with E-state index in [1.807, 2.05) is 61.0 Å². The van der Waals surface area contributed by atoms with Gasteiger partial charge in [0, 0.05) is 37.7 Å². The number of methoxy groups -OCH3 is 1. The average Bonchev–Trinajstić information content (AvgIpc) is 3.47. The van der Waals surface area contributed by atoms with Crippen molar-refractivity contribution in [2.45, 2.75) is 45.2 Å². The molecule has 0 radical (unpaired) electrons. The molecule has 0 spiro atoms. The summed E-state index contributed by atoms with van der Waals surface area (Å²) in [5, 5.41) is 7.11. The summed E-state index contributed by atoms with van der Waals surface area (Å²) in [6.07, 6.45) is -2.13. The first kappa shape index (κ1) is 27.3. The van der Waals surface area contributed by atoms with E-state index in [9.17, 15) is 18.4 Å². The van der Waals surface area contributed by atoms with Crippen LogP contribution in [0, 0.1) is 13.8 Å². The number of benzene rings is 2. The first-order valence-electron chi connectivity index (χ1n) is 13.1. The van der Waals surface area contributed by atoms with Crippen molar-refractivity contribution in [2.24, 2.45) is 7.05 Å². The fourth-order valence-corrected chi connectivity index (χ4v) is 5.51. The Bertz CT molecular complexity index is 1550. The molecule has 2 amide bonds. The number of piperidine rings is 1. The second kappa shape index (κ2) is 11.1. The molecule has 4 aromatic rings. The van der Waals surface area contributed by atoms with Crippen molar-refractivity contribution < 1.29 is 23.1 Å². The topological polar surface area (TPSA) is 94.3 Å². The molecule has 1 N–H and O–H groups in total. The van der Waals surface area contributed by atoms with Crippen LogP contribution >= 0.6 is 0 Å². The fraction of sp³-hybridized carbons (Fsp3) is 0.379. The average molecular weight is 551 g/mol. The standard InChI is InChI=1S/C29H32F2N6O3/c1-17-12-20(14-23-26(17)33-29(40-4)35(23)3)28(39)36-11-10-22(21(15-36)19-8-6-5-7-9-19)32-27(38)24-13-18(2)34-37(24)16-25(30)31/h5-9,12-14,21-22,25H,10-11,15-16H2,1-4H3,(H,32,38)/t21-,22-/m1/s1. The van der Waals surface area contributed by atoms with E-state index in [-0.39, 0.29) is 23.6 Å². The second-order valence-electron chi connectivity index (χ2n) is 10.2. The van der Waals surface area contributed by atoms with Gasteiger partial charge in [-0.15, -0.1) is 0 Å². The molecule has 1 aliphatic rings.